The van der Waals surface area contributed by atoms with Crippen molar-refractivity contribution in [3.8, 4) is 16.9 Å². The molecule has 3 aromatic rings. The summed E-state index contributed by atoms with van der Waals surface area (Å²) in [5.74, 6) is 0.0738. The summed E-state index contributed by atoms with van der Waals surface area (Å²) in [6.45, 7) is 5.64. The topological polar surface area (TPSA) is 105 Å². The number of amides is 2. The number of ether oxygens (including phenoxy) is 2. The van der Waals surface area contributed by atoms with Gasteiger partial charge in [0.2, 0.25) is 5.91 Å². The summed E-state index contributed by atoms with van der Waals surface area (Å²) < 4.78 is 11.3. The van der Waals surface area contributed by atoms with Crippen LogP contribution in [0, 0.1) is 13.8 Å². The van der Waals surface area contributed by atoms with E-state index in [-0.39, 0.29) is 25.5 Å². The van der Waals surface area contributed by atoms with Gasteiger partial charge in [-0.2, -0.15) is 0 Å². The van der Waals surface area contributed by atoms with Gasteiger partial charge in [-0.3, -0.25) is 9.59 Å². The van der Waals surface area contributed by atoms with Crippen molar-refractivity contribution in [2.24, 2.45) is 0 Å². The van der Waals surface area contributed by atoms with Crippen molar-refractivity contribution in [1.82, 2.24) is 5.32 Å². The fourth-order valence-electron chi connectivity index (χ4n) is 5.03. The van der Waals surface area contributed by atoms with E-state index in [4.69, 9.17) is 14.6 Å². The molecule has 2 amide bonds. The Bertz CT molecular complexity index is 1390. The highest BCUT2D eigenvalue weighted by Gasteiger charge is 2.24. The molecule has 4 rings (SSSR count). The highest BCUT2D eigenvalue weighted by atomic mass is 16.5. The van der Waals surface area contributed by atoms with E-state index in [0.29, 0.717) is 32.4 Å². The van der Waals surface area contributed by atoms with Crippen LogP contribution in [0.1, 0.15) is 54.4 Å². The summed E-state index contributed by atoms with van der Waals surface area (Å²) in [6.07, 6.45) is 2.59. The zero-order chi connectivity index (χ0) is 29.2. The second-order valence-corrected chi connectivity index (χ2v) is 10.3. The molecule has 0 saturated heterocycles. The van der Waals surface area contributed by atoms with Gasteiger partial charge in [0, 0.05) is 31.6 Å². The van der Waals surface area contributed by atoms with Crippen LogP contribution in [0.5, 0.6) is 5.75 Å². The first-order chi connectivity index (χ1) is 19.8. The number of carboxylic acid groups (broad SMARTS) is 1. The first kappa shape index (κ1) is 29.6. The molecule has 0 fully saturated rings. The molecule has 0 bridgehead atoms. The van der Waals surface area contributed by atoms with E-state index in [1.807, 2.05) is 60.4 Å². The molecule has 1 heterocycles. The minimum atomic E-state index is -0.897. The maximum absolute atomic E-state index is 13.3. The number of anilines is 1. The molecule has 1 aliphatic heterocycles. The summed E-state index contributed by atoms with van der Waals surface area (Å²) in [5, 5.41) is 11.3. The number of hydrogen-bond donors (Lipinski definition) is 2. The molecule has 0 radical (unpaired) electrons. The van der Waals surface area contributed by atoms with Crippen molar-refractivity contribution in [2.45, 2.75) is 59.0 Å². The van der Waals surface area contributed by atoms with Gasteiger partial charge in [0.1, 0.15) is 12.4 Å². The first-order valence-corrected chi connectivity index (χ1v) is 14.2. The molecule has 8 heteroatoms. The van der Waals surface area contributed by atoms with Crippen molar-refractivity contribution in [2.75, 3.05) is 24.6 Å². The highest BCUT2D eigenvalue weighted by Crippen LogP contribution is 2.36. The van der Waals surface area contributed by atoms with Crippen molar-refractivity contribution >= 4 is 23.7 Å². The van der Waals surface area contributed by atoms with E-state index in [2.05, 4.69) is 24.4 Å². The minimum Gasteiger partial charge on any atom is -0.493 e. The smallest absolute Gasteiger partial charge is 0.407 e. The van der Waals surface area contributed by atoms with Gasteiger partial charge in [-0.05, 0) is 91.1 Å². The Kier molecular flexibility index (Phi) is 10.4. The molecule has 0 atom stereocenters. The Morgan fingerprint density at radius 2 is 1.78 bits per heavy atom. The molecular formula is C33H38N2O6. The maximum atomic E-state index is 13.3. The standard InChI is InChI=1S/C33H38N2O6/c1-23-9-3-15-30(24(23)2)40-20-8-16-31(36)35-19-7-13-28-27(12-5-14-29(28)35)26-11-4-10-25(21-26)22-41-33(39)34-18-6-17-32(37)38/h3-5,9-12,14-15,21H,6-8,13,16-20,22H2,1-2H3,(H,34,39)(H,37,38). The number of carboxylic acids is 1. The van der Waals surface area contributed by atoms with Crippen LogP contribution in [-0.2, 0) is 27.4 Å². The Morgan fingerprint density at radius 1 is 0.976 bits per heavy atom. The van der Waals surface area contributed by atoms with E-state index in [0.717, 1.165) is 52.1 Å². The third kappa shape index (κ3) is 8.10. The van der Waals surface area contributed by atoms with Gasteiger partial charge in [-0.1, -0.05) is 42.5 Å². The normalized spacial score (nSPS) is 12.4. The molecule has 8 nitrogen and oxygen atoms in total. The summed E-state index contributed by atoms with van der Waals surface area (Å²) >= 11 is 0. The lowest BCUT2D eigenvalue weighted by molar-refractivity contribution is -0.137. The Labute approximate surface area is 241 Å². The average Bonchev–Trinajstić information content (AvgIpc) is 2.97. The molecule has 216 valence electrons. The second-order valence-electron chi connectivity index (χ2n) is 10.3. The van der Waals surface area contributed by atoms with Gasteiger partial charge < -0.3 is 24.8 Å². The minimum absolute atomic E-state index is 0.00507. The molecule has 0 aliphatic carbocycles. The molecule has 41 heavy (non-hydrogen) atoms. The van der Waals surface area contributed by atoms with E-state index in [1.54, 1.807) is 0 Å². The monoisotopic (exact) mass is 558 g/mol. The van der Waals surface area contributed by atoms with Crippen LogP contribution in [0.15, 0.2) is 60.7 Å². The average molecular weight is 559 g/mol. The van der Waals surface area contributed by atoms with Crippen molar-refractivity contribution in [3.63, 3.8) is 0 Å². The quantitative estimate of drug-likeness (QED) is 0.257. The van der Waals surface area contributed by atoms with Gasteiger partial charge in [0.05, 0.1) is 6.61 Å². The predicted molar refractivity (Wildman–Crippen MR) is 158 cm³/mol. The Hall–Kier alpha value is -4.33. The SMILES string of the molecule is Cc1cccc(OCCCC(=O)N2CCCc3c(-c4cccc(COC(=O)NCCCC(=O)O)c4)cccc32)c1C. The van der Waals surface area contributed by atoms with Gasteiger partial charge in [0.15, 0.2) is 0 Å². The fourth-order valence-corrected chi connectivity index (χ4v) is 5.03. The zero-order valence-electron chi connectivity index (χ0n) is 23.8. The number of hydrogen-bond acceptors (Lipinski definition) is 5. The molecular weight excluding hydrogens is 520 g/mol. The number of rotatable bonds is 12. The van der Waals surface area contributed by atoms with Crippen molar-refractivity contribution < 1.29 is 29.0 Å². The lowest BCUT2D eigenvalue weighted by Crippen LogP contribution is -2.35. The Morgan fingerprint density at radius 3 is 2.61 bits per heavy atom. The zero-order valence-corrected chi connectivity index (χ0v) is 23.8. The summed E-state index contributed by atoms with van der Waals surface area (Å²) in [7, 11) is 0. The molecule has 0 spiro atoms. The molecule has 1 aliphatic rings. The van der Waals surface area contributed by atoms with Crippen LogP contribution in [0.3, 0.4) is 0 Å². The van der Waals surface area contributed by atoms with E-state index in [1.165, 1.54) is 5.56 Å². The lowest BCUT2D eigenvalue weighted by atomic mass is 9.91. The number of aliphatic carboxylic acids is 1. The number of aryl methyl sites for hydroxylation is 1. The van der Waals surface area contributed by atoms with Crippen LogP contribution >= 0.6 is 0 Å². The van der Waals surface area contributed by atoms with Crippen molar-refractivity contribution in [1.29, 1.82) is 0 Å². The molecule has 0 unspecified atom stereocenters. The van der Waals surface area contributed by atoms with Crippen LogP contribution in [0.2, 0.25) is 0 Å². The summed E-state index contributed by atoms with van der Waals surface area (Å²) in [5.41, 5.74) is 7.33. The van der Waals surface area contributed by atoms with E-state index in [9.17, 15) is 14.4 Å². The number of benzene rings is 3. The van der Waals surface area contributed by atoms with E-state index < -0.39 is 12.1 Å². The fraction of sp³-hybridized carbons (Fsp3) is 0.364. The van der Waals surface area contributed by atoms with Gasteiger partial charge in [-0.25, -0.2) is 4.79 Å². The first-order valence-electron chi connectivity index (χ1n) is 14.2. The van der Waals surface area contributed by atoms with Gasteiger partial charge in [-0.15, -0.1) is 0 Å². The van der Waals surface area contributed by atoms with Crippen molar-refractivity contribution in [3.05, 3.63) is 82.9 Å². The highest BCUT2D eigenvalue weighted by molar-refractivity contribution is 5.96. The predicted octanol–water partition coefficient (Wildman–Crippen LogP) is 6.20. The number of alkyl carbamates (subject to hydrolysis) is 1. The number of carbonyl (C=O) groups excluding carboxylic acids is 2. The van der Waals surface area contributed by atoms with E-state index >= 15 is 0 Å². The van der Waals surface area contributed by atoms with Crippen LogP contribution in [0.4, 0.5) is 10.5 Å². The molecule has 0 aromatic heterocycles. The number of fused-ring (bicyclic) bond motifs is 1. The van der Waals surface area contributed by atoms with Crippen LogP contribution in [-0.4, -0.2) is 42.8 Å². The molecule has 0 saturated carbocycles. The lowest BCUT2D eigenvalue weighted by Gasteiger charge is -2.31. The third-order valence-electron chi connectivity index (χ3n) is 7.34. The van der Waals surface area contributed by atoms with Crippen LogP contribution in [0.25, 0.3) is 11.1 Å². The third-order valence-corrected chi connectivity index (χ3v) is 7.34. The largest absolute Gasteiger partial charge is 0.493 e. The maximum Gasteiger partial charge on any atom is 0.407 e. The number of carbonyl (C=O) groups is 3. The van der Waals surface area contributed by atoms with Crippen LogP contribution < -0.4 is 15.0 Å². The van der Waals surface area contributed by atoms with Gasteiger partial charge >= 0.3 is 12.1 Å². The molecule has 3 aromatic carbocycles. The molecule has 2 N–H and O–H groups in total. The Balaban J connectivity index is 1.36. The summed E-state index contributed by atoms with van der Waals surface area (Å²) in [6, 6.07) is 19.9. The van der Waals surface area contributed by atoms with Gasteiger partial charge in [0.25, 0.3) is 0 Å². The number of nitrogens with one attached hydrogen (secondary N) is 1. The number of nitrogens with zero attached hydrogens (tertiary/aromatic N) is 1. The summed E-state index contributed by atoms with van der Waals surface area (Å²) in [4.78, 5) is 37.7. The second kappa shape index (κ2) is 14.3.